The molecule has 156 valence electrons. The van der Waals surface area contributed by atoms with Gasteiger partial charge in [-0.05, 0) is 18.2 Å². The van der Waals surface area contributed by atoms with Crippen molar-refractivity contribution >= 4 is 21.6 Å². The van der Waals surface area contributed by atoms with Crippen molar-refractivity contribution in [2.75, 3.05) is 23.7 Å². The molecule has 0 saturated carbocycles. The van der Waals surface area contributed by atoms with E-state index in [1.807, 2.05) is 0 Å². The number of hydrogen-bond acceptors (Lipinski definition) is 5. The van der Waals surface area contributed by atoms with E-state index in [0.717, 1.165) is 11.1 Å². The molecule has 0 saturated heterocycles. The Bertz CT molecular complexity index is 1050. The third kappa shape index (κ3) is 4.09. The first-order valence-corrected chi connectivity index (χ1v) is 10.2. The molecule has 0 fully saturated rings. The van der Waals surface area contributed by atoms with E-state index < -0.39 is 28.5 Å². The van der Waals surface area contributed by atoms with E-state index in [2.05, 4.69) is 9.97 Å². The molecule has 0 radical (unpaired) electrons. The fourth-order valence-corrected chi connectivity index (χ4v) is 3.91. The summed E-state index contributed by atoms with van der Waals surface area (Å²) < 4.78 is 89.3. The second-order valence-electron chi connectivity index (χ2n) is 6.37. The normalized spacial score (nSPS) is 14.8. The number of nitrogens with zero attached hydrogens (tertiary/aromatic N) is 3. The molecule has 0 bridgehead atoms. The SMILES string of the molecule is CCS(=O)(=O)c1cccnc1-c1cc2c(cn1)N(CC(F)(F)C(F)(F)F)CC=C2. The molecule has 0 spiro atoms. The Labute approximate surface area is 163 Å². The van der Waals surface area contributed by atoms with Gasteiger partial charge in [0.2, 0.25) is 0 Å². The highest BCUT2D eigenvalue weighted by Gasteiger charge is 2.58. The molecule has 0 aliphatic carbocycles. The van der Waals surface area contributed by atoms with Crippen molar-refractivity contribution in [1.82, 2.24) is 9.97 Å². The van der Waals surface area contributed by atoms with Crippen molar-refractivity contribution < 1.29 is 30.4 Å². The molecule has 1 aliphatic rings. The number of hydrogen-bond donors (Lipinski definition) is 0. The van der Waals surface area contributed by atoms with E-state index in [0.29, 0.717) is 5.56 Å². The van der Waals surface area contributed by atoms with Gasteiger partial charge in [0.05, 0.1) is 34.8 Å². The van der Waals surface area contributed by atoms with Gasteiger partial charge in [0.15, 0.2) is 9.84 Å². The lowest BCUT2D eigenvalue weighted by atomic mass is 10.1. The van der Waals surface area contributed by atoms with Gasteiger partial charge in [-0.15, -0.1) is 0 Å². The van der Waals surface area contributed by atoms with Crippen LogP contribution in [-0.2, 0) is 9.84 Å². The van der Waals surface area contributed by atoms with E-state index in [1.54, 1.807) is 6.08 Å². The minimum absolute atomic E-state index is 0.0322. The highest BCUT2D eigenvalue weighted by molar-refractivity contribution is 7.91. The van der Waals surface area contributed by atoms with E-state index >= 15 is 0 Å². The van der Waals surface area contributed by atoms with E-state index in [1.165, 1.54) is 37.4 Å². The monoisotopic (exact) mass is 433 g/mol. The number of fused-ring (bicyclic) bond motifs is 1. The highest BCUT2D eigenvalue weighted by atomic mass is 32.2. The molecular weight excluding hydrogens is 417 g/mol. The van der Waals surface area contributed by atoms with E-state index in [-0.39, 0.29) is 34.3 Å². The quantitative estimate of drug-likeness (QED) is 0.668. The third-order valence-electron chi connectivity index (χ3n) is 4.41. The third-order valence-corrected chi connectivity index (χ3v) is 6.17. The number of pyridine rings is 2. The number of rotatable bonds is 5. The molecule has 0 atom stereocenters. The molecule has 2 aromatic heterocycles. The zero-order valence-corrected chi connectivity index (χ0v) is 15.9. The summed E-state index contributed by atoms with van der Waals surface area (Å²) >= 11 is 0. The van der Waals surface area contributed by atoms with E-state index in [4.69, 9.17) is 0 Å². The predicted octanol–water partition coefficient (Wildman–Crippen LogP) is 3.97. The number of sulfone groups is 1. The molecule has 0 amide bonds. The molecular formula is C18H16F5N3O2S. The first-order chi connectivity index (χ1) is 13.5. The smallest absolute Gasteiger partial charge is 0.360 e. The van der Waals surface area contributed by atoms with Gasteiger partial charge in [-0.2, -0.15) is 22.0 Å². The minimum Gasteiger partial charge on any atom is -0.360 e. The van der Waals surface area contributed by atoms with Crippen LogP contribution in [-0.4, -0.2) is 49.3 Å². The van der Waals surface area contributed by atoms with Crippen LogP contribution in [0.1, 0.15) is 12.5 Å². The minimum atomic E-state index is -5.67. The maximum absolute atomic E-state index is 13.5. The number of anilines is 1. The number of aromatic nitrogens is 2. The summed E-state index contributed by atoms with van der Waals surface area (Å²) in [6, 6.07) is 4.26. The van der Waals surface area contributed by atoms with Crippen molar-refractivity contribution in [2.45, 2.75) is 23.9 Å². The van der Waals surface area contributed by atoms with Crippen LogP contribution >= 0.6 is 0 Å². The largest absolute Gasteiger partial charge is 0.455 e. The van der Waals surface area contributed by atoms with Crippen LogP contribution in [0.2, 0.25) is 0 Å². The molecule has 0 aromatic carbocycles. The second kappa shape index (κ2) is 7.36. The predicted molar refractivity (Wildman–Crippen MR) is 97.4 cm³/mol. The Hall–Kier alpha value is -2.56. The number of alkyl halides is 5. The lowest BCUT2D eigenvalue weighted by Gasteiger charge is -2.32. The lowest BCUT2D eigenvalue weighted by molar-refractivity contribution is -0.277. The van der Waals surface area contributed by atoms with Crippen LogP contribution in [0.15, 0.2) is 41.6 Å². The average molecular weight is 433 g/mol. The molecule has 3 rings (SSSR count). The van der Waals surface area contributed by atoms with Gasteiger partial charge >= 0.3 is 12.1 Å². The first-order valence-electron chi connectivity index (χ1n) is 8.50. The summed E-state index contributed by atoms with van der Waals surface area (Å²) in [6.45, 7) is -0.208. The topological polar surface area (TPSA) is 63.2 Å². The Morgan fingerprint density at radius 2 is 1.90 bits per heavy atom. The fourth-order valence-electron chi connectivity index (χ4n) is 2.86. The Kier molecular flexibility index (Phi) is 5.37. The van der Waals surface area contributed by atoms with Crippen molar-refractivity contribution in [2.24, 2.45) is 0 Å². The van der Waals surface area contributed by atoms with Crippen LogP contribution in [0.3, 0.4) is 0 Å². The Morgan fingerprint density at radius 1 is 1.17 bits per heavy atom. The molecule has 11 heteroatoms. The summed E-state index contributed by atoms with van der Waals surface area (Å²) in [5, 5.41) is 0. The van der Waals surface area contributed by atoms with Gasteiger partial charge < -0.3 is 4.90 Å². The highest BCUT2D eigenvalue weighted by Crippen LogP contribution is 2.38. The molecule has 0 unspecified atom stereocenters. The zero-order chi connectivity index (χ0) is 21.4. The Balaban J connectivity index is 2.01. The van der Waals surface area contributed by atoms with Crippen molar-refractivity contribution in [1.29, 1.82) is 0 Å². The molecule has 2 aromatic rings. The van der Waals surface area contributed by atoms with E-state index in [9.17, 15) is 30.4 Å². The lowest BCUT2D eigenvalue weighted by Crippen LogP contribution is -2.47. The molecule has 0 N–H and O–H groups in total. The number of halogens is 5. The summed E-state index contributed by atoms with van der Waals surface area (Å²) in [4.78, 5) is 9.00. The van der Waals surface area contributed by atoms with Crippen LogP contribution in [0, 0.1) is 0 Å². The summed E-state index contributed by atoms with van der Waals surface area (Å²) in [6.07, 6.45) is -0.131. The Morgan fingerprint density at radius 3 is 2.55 bits per heavy atom. The van der Waals surface area contributed by atoms with Gasteiger partial charge in [0.25, 0.3) is 0 Å². The zero-order valence-electron chi connectivity index (χ0n) is 15.1. The summed E-state index contributed by atoms with van der Waals surface area (Å²) in [7, 11) is -3.60. The van der Waals surface area contributed by atoms with Crippen LogP contribution < -0.4 is 4.90 Å². The van der Waals surface area contributed by atoms with Gasteiger partial charge in [-0.3, -0.25) is 9.97 Å². The maximum Gasteiger partial charge on any atom is 0.455 e. The fraction of sp³-hybridized carbons (Fsp3) is 0.333. The summed E-state index contributed by atoms with van der Waals surface area (Å²) in [5.74, 6) is -5.05. The average Bonchev–Trinajstić information content (AvgIpc) is 2.66. The van der Waals surface area contributed by atoms with Crippen LogP contribution in [0.5, 0.6) is 0 Å². The standard InChI is InChI=1S/C18H16F5N3O2S/c1-2-29(27,28)15-6-3-7-24-16(15)13-9-12-5-4-8-26(14(12)10-25-13)11-17(19,20)18(21,22)23/h3-7,9-10H,2,8,11H2,1H3. The summed E-state index contributed by atoms with van der Waals surface area (Å²) in [5.41, 5.74) is 0.689. The maximum atomic E-state index is 13.5. The van der Waals surface area contributed by atoms with Gasteiger partial charge in [0.1, 0.15) is 5.69 Å². The molecule has 1 aliphatic heterocycles. The van der Waals surface area contributed by atoms with Crippen molar-refractivity contribution in [3.05, 3.63) is 42.2 Å². The molecule has 29 heavy (non-hydrogen) atoms. The van der Waals surface area contributed by atoms with Crippen molar-refractivity contribution in [3.8, 4) is 11.4 Å². The first kappa shape index (κ1) is 21.2. The van der Waals surface area contributed by atoms with Crippen molar-refractivity contribution in [3.63, 3.8) is 0 Å². The molecule has 3 heterocycles. The van der Waals surface area contributed by atoms with Gasteiger partial charge in [0, 0.05) is 18.3 Å². The second-order valence-corrected chi connectivity index (χ2v) is 8.61. The van der Waals surface area contributed by atoms with Crippen LogP contribution in [0.4, 0.5) is 27.6 Å². The van der Waals surface area contributed by atoms with Gasteiger partial charge in [-0.1, -0.05) is 19.1 Å². The van der Waals surface area contributed by atoms with Crippen LogP contribution in [0.25, 0.3) is 17.5 Å². The molecule has 5 nitrogen and oxygen atoms in total. The van der Waals surface area contributed by atoms with Gasteiger partial charge in [-0.25, -0.2) is 8.42 Å².